The van der Waals surface area contributed by atoms with Gasteiger partial charge in [0.25, 0.3) is 0 Å². The summed E-state index contributed by atoms with van der Waals surface area (Å²) in [5.74, 6) is 0.909. The van der Waals surface area contributed by atoms with Gasteiger partial charge >= 0.3 is 0 Å². The fourth-order valence-corrected chi connectivity index (χ4v) is 5.05. The number of hydrogen-bond donors (Lipinski definition) is 0. The third kappa shape index (κ3) is 3.75. The third-order valence-electron chi connectivity index (χ3n) is 6.43. The van der Waals surface area contributed by atoms with Crippen molar-refractivity contribution in [1.82, 2.24) is 9.88 Å². The van der Waals surface area contributed by atoms with Crippen LogP contribution in [0.5, 0.6) is 0 Å². The fraction of sp³-hybridized carbons (Fsp3) is 0.308. The molecular formula is C26H27N3. The van der Waals surface area contributed by atoms with Crippen molar-refractivity contribution in [2.75, 3.05) is 13.1 Å². The van der Waals surface area contributed by atoms with Crippen molar-refractivity contribution in [3.63, 3.8) is 0 Å². The highest BCUT2D eigenvalue weighted by atomic mass is 15.2. The van der Waals surface area contributed by atoms with Gasteiger partial charge in [0.05, 0.1) is 18.3 Å². The summed E-state index contributed by atoms with van der Waals surface area (Å²) in [5.41, 5.74) is 5.18. The van der Waals surface area contributed by atoms with E-state index >= 15 is 0 Å². The van der Waals surface area contributed by atoms with Crippen molar-refractivity contribution >= 4 is 5.71 Å². The summed E-state index contributed by atoms with van der Waals surface area (Å²) >= 11 is 0. The van der Waals surface area contributed by atoms with Crippen molar-refractivity contribution in [3.8, 4) is 0 Å². The van der Waals surface area contributed by atoms with Crippen LogP contribution in [0.25, 0.3) is 0 Å². The SMILES string of the molecule is c1ccc(C(c2ccccc2)C2C(=NCc3ccccn3)C3CCN2CC3)cc1. The number of aliphatic imine (C=N–C) groups is 1. The van der Waals surface area contributed by atoms with E-state index < -0.39 is 0 Å². The van der Waals surface area contributed by atoms with Crippen molar-refractivity contribution in [1.29, 1.82) is 0 Å². The molecule has 0 aliphatic carbocycles. The minimum Gasteiger partial charge on any atom is -0.294 e. The molecule has 3 heteroatoms. The summed E-state index contributed by atoms with van der Waals surface area (Å²) < 4.78 is 0. The highest BCUT2D eigenvalue weighted by Gasteiger charge is 2.43. The van der Waals surface area contributed by atoms with E-state index in [-0.39, 0.29) is 0 Å². The third-order valence-corrected chi connectivity index (χ3v) is 6.43. The minimum absolute atomic E-state index is 0.308. The Hall–Kier alpha value is -2.78. The second kappa shape index (κ2) is 8.30. The highest BCUT2D eigenvalue weighted by Crippen LogP contribution is 2.40. The Balaban J connectivity index is 1.57. The Kier molecular flexibility index (Phi) is 5.23. The molecular weight excluding hydrogens is 354 g/mol. The molecule has 3 saturated heterocycles. The van der Waals surface area contributed by atoms with E-state index in [4.69, 9.17) is 4.99 Å². The van der Waals surface area contributed by atoms with Gasteiger partial charge in [0.15, 0.2) is 0 Å². The molecule has 3 fully saturated rings. The Morgan fingerprint density at radius 2 is 1.45 bits per heavy atom. The molecule has 3 nitrogen and oxygen atoms in total. The second-order valence-corrected chi connectivity index (χ2v) is 8.12. The van der Waals surface area contributed by atoms with Gasteiger partial charge < -0.3 is 0 Å². The first-order valence-corrected chi connectivity index (χ1v) is 10.7. The molecule has 0 amide bonds. The maximum absolute atomic E-state index is 5.20. The average Bonchev–Trinajstić information content (AvgIpc) is 2.81. The summed E-state index contributed by atoms with van der Waals surface area (Å²) in [6.07, 6.45) is 4.32. The smallest absolute Gasteiger partial charge is 0.0811 e. The molecule has 1 aromatic heterocycles. The number of aromatic nitrogens is 1. The molecule has 6 rings (SSSR count). The van der Waals surface area contributed by atoms with E-state index in [2.05, 4.69) is 76.6 Å². The zero-order chi connectivity index (χ0) is 19.5. The van der Waals surface area contributed by atoms with Crippen LogP contribution in [0.15, 0.2) is 90.1 Å². The van der Waals surface area contributed by atoms with Crippen molar-refractivity contribution in [3.05, 3.63) is 102 Å². The minimum atomic E-state index is 0.308. The van der Waals surface area contributed by atoms with Gasteiger partial charge in [0.2, 0.25) is 0 Å². The summed E-state index contributed by atoms with van der Waals surface area (Å²) in [6, 6.07) is 28.4. The maximum Gasteiger partial charge on any atom is 0.0811 e. The number of nitrogens with zero attached hydrogens (tertiary/aromatic N) is 3. The standard InChI is InChI=1S/C26H27N3/c1-3-9-20(10-4-1)24(21-11-5-2-6-12-21)26-25(22-14-17-29(26)18-15-22)28-19-23-13-7-8-16-27-23/h1-13,16,22,24,26H,14-15,17-19H2. The van der Waals surface area contributed by atoms with Crippen LogP contribution in [0.2, 0.25) is 0 Å². The fourth-order valence-electron chi connectivity index (χ4n) is 5.05. The molecule has 3 aromatic rings. The molecule has 4 heterocycles. The molecule has 0 spiro atoms. The summed E-state index contributed by atoms with van der Waals surface area (Å²) in [6.45, 7) is 3.02. The van der Waals surface area contributed by atoms with Crippen LogP contribution in [0.3, 0.4) is 0 Å². The van der Waals surface area contributed by atoms with Gasteiger partial charge in [-0.25, -0.2) is 0 Å². The number of benzene rings is 2. The molecule has 2 aromatic carbocycles. The quantitative estimate of drug-likeness (QED) is 0.626. The Bertz CT molecular complexity index is 906. The van der Waals surface area contributed by atoms with E-state index in [9.17, 15) is 0 Å². The molecule has 0 N–H and O–H groups in total. The van der Waals surface area contributed by atoms with Gasteiger partial charge in [-0.3, -0.25) is 14.9 Å². The van der Waals surface area contributed by atoms with E-state index in [1.54, 1.807) is 0 Å². The van der Waals surface area contributed by atoms with Gasteiger partial charge in [-0.05, 0) is 49.2 Å². The first kappa shape index (κ1) is 18.3. The van der Waals surface area contributed by atoms with E-state index in [0.717, 1.165) is 5.69 Å². The predicted molar refractivity (Wildman–Crippen MR) is 118 cm³/mol. The zero-order valence-corrected chi connectivity index (χ0v) is 16.7. The van der Waals surface area contributed by atoms with Crippen molar-refractivity contribution in [2.24, 2.45) is 10.9 Å². The predicted octanol–water partition coefficient (Wildman–Crippen LogP) is 4.95. The number of pyridine rings is 1. The summed E-state index contributed by atoms with van der Waals surface area (Å²) in [4.78, 5) is 12.4. The molecule has 1 atom stereocenters. The van der Waals surface area contributed by atoms with Crippen molar-refractivity contribution in [2.45, 2.75) is 31.3 Å². The van der Waals surface area contributed by atoms with Gasteiger partial charge in [-0.2, -0.15) is 0 Å². The Morgan fingerprint density at radius 1 is 0.828 bits per heavy atom. The van der Waals surface area contributed by atoms with Gasteiger partial charge in [-0.15, -0.1) is 0 Å². The largest absolute Gasteiger partial charge is 0.294 e. The molecule has 2 bridgehead atoms. The van der Waals surface area contributed by atoms with E-state index in [1.807, 2.05) is 18.3 Å². The number of hydrogen-bond acceptors (Lipinski definition) is 3. The van der Waals surface area contributed by atoms with Crippen LogP contribution < -0.4 is 0 Å². The first-order chi connectivity index (χ1) is 14.4. The second-order valence-electron chi connectivity index (χ2n) is 8.12. The summed E-state index contributed by atoms with van der Waals surface area (Å²) in [5, 5.41) is 0. The van der Waals surface area contributed by atoms with E-state index in [0.29, 0.717) is 24.4 Å². The molecule has 3 aliphatic rings. The highest BCUT2D eigenvalue weighted by molar-refractivity contribution is 5.94. The molecule has 1 unspecified atom stereocenters. The number of rotatable bonds is 5. The first-order valence-electron chi connectivity index (χ1n) is 10.7. The van der Waals surface area contributed by atoms with Gasteiger partial charge in [0, 0.05) is 23.7 Å². The Labute approximate surface area is 173 Å². The topological polar surface area (TPSA) is 28.5 Å². The van der Waals surface area contributed by atoms with Crippen LogP contribution in [-0.4, -0.2) is 34.7 Å². The molecule has 29 heavy (non-hydrogen) atoms. The lowest BCUT2D eigenvalue weighted by atomic mass is 9.72. The monoisotopic (exact) mass is 381 g/mol. The molecule has 3 aliphatic heterocycles. The lowest BCUT2D eigenvalue weighted by Gasteiger charge is -2.49. The van der Waals surface area contributed by atoms with E-state index in [1.165, 1.54) is 42.8 Å². The number of fused-ring (bicyclic) bond motifs is 3. The van der Waals surface area contributed by atoms with Crippen LogP contribution >= 0.6 is 0 Å². The van der Waals surface area contributed by atoms with Gasteiger partial charge in [0.1, 0.15) is 0 Å². The normalized spacial score (nSPS) is 24.9. The maximum atomic E-state index is 5.20. The Morgan fingerprint density at radius 3 is 2.03 bits per heavy atom. The molecule has 0 radical (unpaired) electrons. The lowest BCUT2D eigenvalue weighted by Crippen LogP contribution is -2.58. The molecule has 146 valence electrons. The van der Waals surface area contributed by atoms with Crippen LogP contribution in [0, 0.1) is 5.92 Å². The summed E-state index contributed by atoms with van der Waals surface area (Å²) in [7, 11) is 0. The van der Waals surface area contributed by atoms with Crippen LogP contribution in [-0.2, 0) is 6.54 Å². The van der Waals surface area contributed by atoms with Gasteiger partial charge in [-0.1, -0.05) is 66.7 Å². The lowest BCUT2D eigenvalue weighted by molar-refractivity contribution is 0.135. The molecule has 0 saturated carbocycles. The zero-order valence-electron chi connectivity index (χ0n) is 16.7. The van der Waals surface area contributed by atoms with Crippen LogP contribution in [0.1, 0.15) is 35.6 Å². The average molecular weight is 382 g/mol. The van der Waals surface area contributed by atoms with Crippen molar-refractivity contribution < 1.29 is 0 Å². The van der Waals surface area contributed by atoms with Crippen LogP contribution in [0.4, 0.5) is 0 Å². The number of piperidine rings is 3.